The van der Waals surface area contributed by atoms with Crippen LogP contribution in [0, 0.1) is 11.3 Å². The third-order valence-electron chi connectivity index (χ3n) is 4.19. The number of carbonyl (C=O) groups is 1. The van der Waals surface area contributed by atoms with E-state index in [0.717, 1.165) is 30.8 Å². The Balaban J connectivity index is 1.73. The number of hydrogen-bond donors (Lipinski definition) is 0. The molecular weight excluding hydrogens is 322 g/mol. The van der Waals surface area contributed by atoms with Crippen LogP contribution in [0.1, 0.15) is 37.7 Å². The molecule has 0 atom stereocenters. The second kappa shape index (κ2) is 7.93. The Morgan fingerprint density at radius 1 is 1.33 bits per heavy atom. The number of rotatable bonds is 5. The van der Waals surface area contributed by atoms with Gasteiger partial charge in [-0.25, -0.2) is 4.98 Å². The van der Waals surface area contributed by atoms with Crippen molar-refractivity contribution in [1.82, 2.24) is 4.98 Å². The minimum Gasteiger partial charge on any atom is -0.482 e. The summed E-state index contributed by atoms with van der Waals surface area (Å²) in [6.07, 6.45) is 7.22. The van der Waals surface area contributed by atoms with Crippen LogP contribution >= 0.6 is 11.3 Å². The summed E-state index contributed by atoms with van der Waals surface area (Å²) in [6, 6.07) is 9.22. The highest BCUT2D eigenvalue weighted by Gasteiger charge is 2.28. The summed E-state index contributed by atoms with van der Waals surface area (Å²) in [5.74, 6) is 0.334. The van der Waals surface area contributed by atoms with E-state index >= 15 is 0 Å². The van der Waals surface area contributed by atoms with Crippen molar-refractivity contribution in [2.24, 2.45) is 0 Å². The first-order chi connectivity index (χ1) is 11.8. The van der Waals surface area contributed by atoms with Gasteiger partial charge in [-0.3, -0.25) is 9.69 Å². The molecule has 0 N–H and O–H groups in total. The van der Waals surface area contributed by atoms with Gasteiger partial charge in [0.2, 0.25) is 0 Å². The van der Waals surface area contributed by atoms with E-state index < -0.39 is 0 Å². The summed E-state index contributed by atoms with van der Waals surface area (Å²) < 4.78 is 5.62. The summed E-state index contributed by atoms with van der Waals surface area (Å²) in [7, 11) is 0. The second-order valence-electron chi connectivity index (χ2n) is 5.77. The van der Waals surface area contributed by atoms with Crippen molar-refractivity contribution in [1.29, 1.82) is 5.26 Å². The van der Waals surface area contributed by atoms with Gasteiger partial charge < -0.3 is 4.74 Å². The number of hydrogen-bond acceptors (Lipinski definition) is 5. The summed E-state index contributed by atoms with van der Waals surface area (Å²) in [6.45, 7) is -0.0885. The fourth-order valence-electron chi connectivity index (χ4n) is 3.03. The van der Waals surface area contributed by atoms with E-state index in [2.05, 4.69) is 11.1 Å². The Hall–Kier alpha value is -2.39. The Bertz CT molecular complexity index is 718. The number of anilines is 1. The van der Waals surface area contributed by atoms with Gasteiger partial charge in [0.25, 0.3) is 5.91 Å². The SMILES string of the molecule is N#Cc1ccccc1OCC(=O)N(c1nccs1)C1CCCCC1. The summed E-state index contributed by atoms with van der Waals surface area (Å²) >= 11 is 1.47. The molecule has 24 heavy (non-hydrogen) atoms. The molecule has 0 saturated heterocycles. The van der Waals surface area contributed by atoms with Crippen molar-refractivity contribution >= 4 is 22.4 Å². The molecule has 6 heteroatoms. The second-order valence-corrected chi connectivity index (χ2v) is 6.64. The monoisotopic (exact) mass is 341 g/mol. The van der Waals surface area contributed by atoms with Crippen LogP contribution in [0.5, 0.6) is 5.75 Å². The molecule has 0 bridgehead atoms. The molecule has 3 rings (SSSR count). The van der Waals surface area contributed by atoms with Crippen LogP contribution in [0.2, 0.25) is 0 Å². The number of thiazole rings is 1. The lowest BCUT2D eigenvalue weighted by atomic mass is 9.94. The predicted molar refractivity (Wildman–Crippen MR) is 93.1 cm³/mol. The summed E-state index contributed by atoms with van der Waals surface area (Å²) in [4.78, 5) is 18.9. The number of ether oxygens (including phenoxy) is 1. The van der Waals surface area contributed by atoms with Crippen LogP contribution in [0.25, 0.3) is 0 Å². The normalized spacial score (nSPS) is 14.8. The molecule has 1 aliphatic carbocycles. The highest BCUT2D eigenvalue weighted by Crippen LogP contribution is 2.29. The highest BCUT2D eigenvalue weighted by molar-refractivity contribution is 7.13. The lowest BCUT2D eigenvalue weighted by Crippen LogP contribution is -2.44. The smallest absolute Gasteiger partial charge is 0.266 e. The van der Waals surface area contributed by atoms with Crippen molar-refractivity contribution in [3.8, 4) is 11.8 Å². The lowest BCUT2D eigenvalue weighted by molar-refractivity contribution is -0.121. The molecule has 1 aromatic carbocycles. The van der Waals surface area contributed by atoms with Gasteiger partial charge in [-0.05, 0) is 25.0 Å². The van der Waals surface area contributed by atoms with Gasteiger partial charge in [0.1, 0.15) is 11.8 Å². The molecule has 0 aliphatic heterocycles. The molecule has 5 nitrogen and oxygen atoms in total. The van der Waals surface area contributed by atoms with E-state index in [1.54, 1.807) is 35.4 Å². The zero-order valence-corrected chi connectivity index (χ0v) is 14.2. The number of para-hydroxylation sites is 1. The fraction of sp³-hybridized carbons (Fsp3) is 0.389. The number of nitriles is 1. The molecule has 124 valence electrons. The molecular formula is C18H19N3O2S. The first-order valence-corrected chi connectivity index (χ1v) is 9.01. The minimum absolute atomic E-state index is 0.0885. The number of benzene rings is 1. The first-order valence-electron chi connectivity index (χ1n) is 8.13. The fourth-order valence-corrected chi connectivity index (χ4v) is 3.76. The number of carbonyl (C=O) groups excluding carboxylic acids is 1. The highest BCUT2D eigenvalue weighted by atomic mass is 32.1. The van der Waals surface area contributed by atoms with Gasteiger partial charge >= 0.3 is 0 Å². The van der Waals surface area contributed by atoms with Crippen molar-refractivity contribution in [2.45, 2.75) is 38.1 Å². The van der Waals surface area contributed by atoms with Crippen molar-refractivity contribution in [2.75, 3.05) is 11.5 Å². The Morgan fingerprint density at radius 2 is 2.12 bits per heavy atom. The average molecular weight is 341 g/mol. The van der Waals surface area contributed by atoms with E-state index in [1.165, 1.54) is 17.8 Å². The maximum atomic E-state index is 12.8. The maximum absolute atomic E-state index is 12.8. The van der Waals surface area contributed by atoms with Crippen molar-refractivity contribution < 1.29 is 9.53 Å². The van der Waals surface area contributed by atoms with Crippen LogP contribution in [0.3, 0.4) is 0 Å². The van der Waals surface area contributed by atoms with Crippen LogP contribution < -0.4 is 9.64 Å². The predicted octanol–water partition coefficient (Wildman–Crippen LogP) is 3.76. The van der Waals surface area contributed by atoms with E-state index in [-0.39, 0.29) is 18.6 Å². The van der Waals surface area contributed by atoms with Crippen LogP contribution in [0.4, 0.5) is 5.13 Å². The molecule has 0 spiro atoms. The van der Waals surface area contributed by atoms with Gasteiger partial charge in [0, 0.05) is 17.6 Å². The van der Waals surface area contributed by atoms with Crippen molar-refractivity contribution in [3.05, 3.63) is 41.4 Å². The molecule has 1 fully saturated rings. The van der Waals surface area contributed by atoms with Crippen LogP contribution in [-0.2, 0) is 4.79 Å². The van der Waals surface area contributed by atoms with E-state index in [1.807, 2.05) is 5.38 Å². The molecule has 1 aliphatic rings. The zero-order chi connectivity index (χ0) is 16.8. The maximum Gasteiger partial charge on any atom is 0.266 e. The molecule has 1 saturated carbocycles. The quantitative estimate of drug-likeness (QED) is 0.830. The van der Waals surface area contributed by atoms with E-state index in [4.69, 9.17) is 10.00 Å². The lowest BCUT2D eigenvalue weighted by Gasteiger charge is -2.32. The summed E-state index contributed by atoms with van der Waals surface area (Å²) in [5, 5.41) is 11.7. The van der Waals surface area contributed by atoms with E-state index in [0.29, 0.717) is 11.3 Å². The van der Waals surface area contributed by atoms with Gasteiger partial charge in [-0.2, -0.15) is 5.26 Å². The Labute approximate surface area is 145 Å². The third-order valence-corrected chi connectivity index (χ3v) is 4.96. The topological polar surface area (TPSA) is 66.2 Å². The van der Waals surface area contributed by atoms with Gasteiger partial charge in [-0.15, -0.1) is 11.3 Å². The zero-order valence-electron chi connectivity index (χ0n) is 13.4. The number of amides is 1. The van der Waals surface area contributed by atoms with Crippen molar-refractivity contribution in [3.63, 3.8) is 0 Å². The van der Waals surface area contributed by atoms with E-state index in [9.17, 15) is 4.79 Å². The Kier molecular flexibility index (Phi) is 5.44. The summed E-state index contributed by atoms with van der Waals surface area (Å²) in [5.41, 5.74) is 0.434. The largest absolute Gasteiger partial charge is 0.482 e. The average Bonchev–Trinajstić information content (AvgIpc) is 3.15. The third kappa shape index (κ3) is 3.74. The van der Waals surface area contributed by atoms with Crippen LogP contribution in [0.15, 0.2) is 35.8 Å². The number of aromatic nitrogens is 1. The molecule has 1 aromatic heterocycles. The first kappa shape index (κ1) is 16.5. The molecule has 1 heterocycles. The molecule has 0 radical (unpaired) electrons. The standard InChI is InChI=1S/C18H19N3O2S/c19-12-14-6-4-5-9-16(14)23-13-17(22)21(18-20-10-11-24-18)15-7-2-1-3-8-15/h4-6,9-11,15H,1-3,7-8,13H2. The molecule has 2 aromatic rings. The number of nitrogens with zero attached hydrogens (tertiary/aromatic N) is 3. The minimum atomic E-state index is -0.107. The molecule has 1 amide bonds. The van der Waals surface area contributed by atoms with Gasteiger partial charge in [-0.1, -0.05) is 31.4 Å². The van der Waals surface area contributed by atoms with Gasteiger partial charge in [0.05, 0.1) is 5.56 Å². The van der Waals surface area contributed by atoms with Gasteiger partial charge in [0.15, 0.2) is 11.7 Å². The van der Waals surface area contributed by atoms with Crippen LogP contribution in [-0.4, -0.2) is 23.5 Å². The Morgan fingerprint density at radius 3 is 2.83 bits per heavy atom. The molecule has 0 unspecified atom stereocenters.